The molecule has 0 fully saturated rings. The van der Waals surface area contributed by atoms with Gasteiger partial charge in [0.05, 0.1) is 16.0 Å². The van der Waals surface area contributed by atoms with Crippen molar-refractivity contribution < 1.29 is 9.66 Å². The van der Waals surface area contributed by atoms with Crippen LogP contribution in [0.4, 0.5) is 5.69 Å². The smallest absolute Gasteiger partial charge is 0.304 e. The van der Waals surface area contributed by atoms with Crippen LogP contribution in [-0.2, 0) is 13.7 Å². The highest BCUT2D eigenvalue weighted by Gasteiger charge is 2.18. The summed E-state index contributed by atoms with van der Waals surface area (Å²) < 4.78 is 9.05. The van der Waals surface area contributed by atoms with E-state index < -0.39 is 4.92 Å². The number of hydrogen-bond acceptors (Lipinski definition) is 7. The van der Waals surface area contributed by atoms with Crippen LogP contribution in [0.25, 0.3) is 17.0 Å². The van der Waals surface area contributed by atoms with Crippen molar-refractivity contribution >= 4 is 16.7 Å². The summed E-state index contributed by atoms with van der Waals surface area (Å²) in [5.41, 5.74) is 2.19. The maximum absolute atomic E-state index is 10.9. The second kappa shape index (κ2) is 6.24. The number of nitro groups is 1. The van der Waals surface area contributed by atoms with Gasteiger partial charge in [0, 0.05) is 19.2 Å². The molecule has 10 heteroatoms. The van der Waals surface area contributed by atoms with Gasteiger partial charge in [0.15, 0.2) is 0 Å². The van der Waals surface area contributed by atoms with Gasteiger partial charge in [-0.05, 0) is 28.1 Å². The Morgan fingerprint density at radius 3 is 2.81 bits per heavy atom. The molecule has 10 nitrogen and oxygen atoms in total. The van der Waals surface area contributed by atoms with Gasteiger partial charge in [0.2, 0.25) is 0 Å². The highest BCUT2D eigenvalue weighted by Crippen LogP contribution is 2.25. The second-order valence-corrected chi connectivity index (χ2v) is 5.54. The van der Waals surface area contributed by atoms with Crippen molar-refractivity contribution in [3.05, 3.63) is 64.2 Å². The molecule has 0 aliphatic carbocycles. The van der Waals surface area contributed by atoms with Crippen LogP contribution in [0.1, 0.15) is 5.56 Å². The Morgan fingerprint density at radius 1 is 1.19 bits per heavy atom. The molecule has 0 radical (unpaired) electrons. The van der Waals surface area contributed by atoms with Crippen LogP contribution in [0.15, 0.2) is 48.5 Å². The maximum Gasteiger partial charge on any atom is 0.304 e. The molecule has 2 aromatic heterocycles. The molecular formula is C16H13N7O3. The highest BCUT2D eigenvalue weighted by atomic mass is 16.6. The van der Waals surface area contributed by atoms with E-state index in [0.717, 1.165) is 11.0 Å². The number of tetrazole rings is 1. The van der Waals surface area contributed by atoms with Gasteiger partial charge in [-0.1, -0.05) is 29.4 Å². The number of para-hydroxylation sites is 2. The minimum Gasteiger partial charge on any atom is -0.459 e. The first-order valence-corrected chi connectivity index (χ1v) is 7.70. The Bertz CT molecular complexity index is 1100. The predicted octanol–water partition coefficient (Wildman–Crippen LogP) is 2.04. The van der Waals surface area contributed by atoms with E-state index in [1.807, 2.05) is 24.3 Å². The average Bonchev–Trinajstić information content (AvgIpc) is 3.22. The van der Waals surface area contributed by atoms with Gasteiger partial charge in [-0.2, -0.15) is 4.98 Å². The molecule has 0 saturated carbocycles. The molecule has 0 unspecified atom stereocenters. The fourth-order valence-corrected chi connectivity index (χ4v) is 2.62. The first-order chi connectivity index (χ1) is 12.6. The van der Waals surface area contributed by atoms with Crippen LogP contribution in [0.5, 0.6) is 6.01 Å². The van der Waals surface area contributed by atoms with Crippen molar-refractivity contribution in [2.24, 2.45) is 7.05 Å². The molecule has 4 aromatic rings. The zero-order valence-electron chi connectivity index (χ0n) is 13.7. The SMILES string of the molecule is Cn1nnnc1-n1c(OCc2cccc([N+](=O)[O-])c2)nc2ccccc21. The fraction of sp³-hybridized carbons (Fsp3) is 0.125. The highest BCUT2D eigenvalue weighted by molar-refractivity contribution is 5.78. The molecule has 26 heavy (non-hydrogen) atoms. The van der Waals surface area contributed by atoms with Crippen molar-refractivity contribution in [2.45, 2.75) is 6.61 Å². The van der Waals surface area contributed by atoms with Gasteiger partial charge in [0.1, 0.15) is 6.61 Å². The van der Waals surface area contributed by atoms with E-state index in [1.165, 1.54) is 16.8 Å². The van der Waals surface area contributed by atoms with E-state index in [9.17, 15) is 10.1 Å². The summed E-state index contributed by atoms with van der Waals surface area (Å²) in [6, 6.07) is 14.1. The van der Waals surface area contributed by atoms with Gasteiger partial charge in [-0.15, -0.1) is 0 Å². The summed E-state index contributed by atoms with van der Waals surface area (Å²) in [7, 11) is 1.72. The molecule has 130 valence electrons. The molecule has 0 saturated heterocycles. The number of aryl methyl sites for hydroxylation is 1. The number of nitrogens with zero attached hydrogens (tertiary/aromatic N) is 7. The average molecular weight is 351 g/mol. The molecule has 0 bridgehead atoms. The predicted molar refractivity (Wildman–Crippen MR) is 90.9 cm³/mol. The van der Waals surface area contributed by atoms with Gasteiger partial charge in [-0.3, -0.25) is 10.1 Å². The number of imidazole rings is 1. The van der Waals surface area contributed by atoms with Crippen molar-refractivity contribution in [3.8, 4) is 12.0 Å². The number of hydrogen-bond donors (Lipinski definition) is 0. The summed E-state index contributed by atoms with van der Waals surface area (Å²) in [4.78, 5) is 15.0. The lowest BCUT2D eigenvalue weighted by Crippen LogP contribution is -2.08. The molecule has 0 aliphatic heterocycles. The quantitative estimate of drug-likeness (QED) is 0.399. The minimum absolute atomic E-state index is 0.0112. The van der Waals surface area contributed by atoms with Crippen LogP contribution in [0.2, 0.25) is 0 Å². The Balaban J connectivity index is 1.72. The van der Waals surface area contributed by atoms with Crippen molar-refractivity contribution in [3.63, 3.8) is 0 Å². The Hall–Kier alpha value is -3.82. The zero-order valence-corrected chi connectivity index (χ0v) is 13.7. The third-order valence-corrected chi connectivity index (χ3v) is 3.82. The van der Waals surface area contributed by atoms with Crippen LogP contribution in [-0.4, -0.2) is 34.7 Å². The molecule has 4 rings (SSSR count). The summed E-state index contributed by atoms with van der Waals surface area (Å²) in [5.74, 6) is 0.452. The topological polar surface area (TPSA) is 114 Å². The first-order valence-electron chi connectivity index (χ1n) is 7.70. The monoisotopic (exact) mass is 351 g/mol. The number of aromatic nitrogens is 6. The zero-order chi connectivity index (χ0) is 18.1. The molecule has 2 aromatic carbocycles. The van der Waals surface area contributed by atoms with Gasteiger partial charge < -0.3 is 4.74 Å². The summed E-state index contributed by atoms with van der Waals surface area (Å²) in [5, 5.41) is 22.4. The molecular weight excluding hydrogens is 338 g/mol. The lowest BCUT2D eigenvalue weighted by atomic mass is 10.2. The molecule has 0 aliphatic rings. The van der Waals surface area contributed by atoms with E-state index in [4.69, 9.17) is 4.74 Å². The summed E-state index contributed by atoms with van der Waals surface area (Å²) >= 11 is 0. The normalized spacial score (nSPS) is 11.0. The van der Waals surface area contributed by atoms with E-state index in [2.05, 4.69) is 20.5 Å². The van der Waals surface area contributed by atoms with Crippen LogP contribution >= 0.6 is 0 Å². The molecule has 0 atom stereocenters. The summed E-state index contributed by atoms with van der Waals surface area (Å²) in [6.07, 6.45) is 0. The van der Waals surface area contributed by atoms with E-state index in [-0.39, 0.29) is 12.3 Å². The van der Waals surface area contributed by atoms with Crippen molar-refractivity contribution in [2.75, 3.05) is 0 Å². The lowest BCUT2D eigenvalue weighted by molar-refractivity contribution is -0.384. The Morgan fingerprint density at radius 2 is 2.04 bits per heavy atom. The number of nitro benzene ring substituents is 1. The van der Waals surface area contributed by atoms with Crippen molar-refractivity contribution in [1.29, 1.82) is 0 Å². The Kier molecular flexibility index (Phi) is 3.77. The second-order valence-electron chi connectivity index (χ2n) is 5.54. The molecule has 0 N–H and O–H groups in total. The maximum atomic E-state index is 10.9. The molecule has 0 spiro atoms. The van der Waals surface area contributed by atoms with E-state index in [0.29, 0.717) is 17.5 Å². The van der Waals surface area contributed by atoms with Crippen LogP contribution in [0, 0.1) is 10.1 Å². The lowest BCUT2D eigenvalue weighted by Gasteiger charge is -2.08. The minimum atomic E-state index is -0.441. The third-order valence-electron chi connectivity index (χ3n) is 3.82. The standard InChI is InChI=1S/C16H13N7O3/c1-21-15(18-19-20-21)22-14-8-3-2-7-13(14)17-16(22)26-10-11-5-4-6-12(9-11)23(24)25/h2-9H,10H2,1H3. The van der Waals surface area contributed by atoms with Gasteiger partial charge in [0.25, 0.3) is 11.6 Å². The van der Waals surface area contributed by atoms with Crippen LogP contribution in [0.3, 0.4) is 0 Å². The molecule has 0 amide bonds. The molecule has 2 heterocycles. The van der Waals surface area contributed by atoms with Crippen molar-refractivity contribution in [1.82, 2.24) is 29.8 Å². The van der Waals surface area contributed by atoms with Gasteiger partial charge >= 0.3 is 6.01 Å². The van der Waals surface area contributed by atoms with Crippen LogP contribution < -0.4 is 4.74 Å². The number of non-ortho nitro benzene ring substituents is 1. The van der Waals surface area contributed by atoms with E-state index >= 15 is 0 Å². The number of benzene rings is 2. The Labute approximate surface area is 146 Å². The fourth-order valence-electron chi connectivity index (χ4n) is 2.62. The summed E-state index contributed by atoms with van der Waals surface area (Å²) in [6.45, 7) is 0.121. The largest absolute Gasteiger partial charge is 0.459 e. The number of fused-ring (bicyclic) bond motifs is 1. The third kappa shape index (κ3) is 2.73. The van der Waals surface area contributed by atoms with E-state index in [1.54, 1.807) is 23.7 Å². The number of ether oxygens (including phenoxy) is 1. The first kappa shape index (κ1) is 15.7. The van der Waals surface area contributed by atoms with Gasteiger partial charge in [-0.25, -0.2) is 9.25 Å². The number of rotatable bonds is 5.